The molecule has 2 aromatic carbocycles. The van der Waals surface area contributed by atoms with Crippen LogP contribution in [0, 0.1) is 10.1 Å². The molecule has 1 aromatic heterocycles. The van der Waals surface area contributed by atoms with Crippen LogP contribution in [-0.4, -0.2) is 12.0 Å². The average Bonchev–Trinajstić information content (AvgIpc) is 3.06. The summed E-state index contributed by atoms with van der Waals surface area (Å²) < 4.78 is 5.22. The predicted molar refractivity (Wildman–Crippen MR) is 96.9 cm³/mol. The first-order chi connectivity index (χ1) is 12.1. The lowest BCUT2D eigenvalue weighted by molar-refractivity contribution is -0.385. The Hall–Kier alpha value is -2.93. The van der Waals surface area contributed by atoms with Crippen molar-refractivity contribution in [2.24, 2.45) is 0 Å². The molecule has 7 heteroatoms. The lowest BCUT2D eigenvalue weighted by atomic mass is 9.89. The van der Waals surface area contributed by atoms with Crippen molar-refractivity contribution in [1.29, 1.82) is 0 Å². The fourth-order valence-corrected chi connectivity index (χ4v) is 3.43. The monoisotopic (exact) mass is 356 g/mol. The second kappa shape index (κ2) is 7.31. The maximum absolute atomic E-state index is 11.0. The molecule has 1 heterocycles. The summed E-state index contributed by atoms with van der Waals surface area (Å²) in [6.45, 7) is 0. The van der Waals surface area contributed by atoms with Crippen molar-refractivity contribution in [2.75, 3.05) is 12.8 Å². The van der Waals surface area contributed by atoms with Crippen molar-refractivity contribution in [3.63, 3.8) is 0 Å². The van der Waals surface area contributed by atoms with E-state index in [9.17, 15) is 10.1 Å². The van der Waals surface area contributed by atoms with Gasteiger partial charge in [0.1, 0.15) is 11.4 Å². The molecule has 0 aliphatic heterocycles. The zero-order valence-electron chi connectivity index (χ0n) is 13.6. The van der Waals surface area contributed by atoms with Crippen LogP contribution in [0.3, 0.4) is 0 Å². The van der Waals surface area contributed by atoms with Crippen LogP contribution in [0.4, 0.5) is 10.8 Å². The molecule has 0 radical (unpaired) electrons. The average molecular weight is 356 g/mol. The number of non-ortho nitro benzene ring substituents is 1. The van der Waals surface area contributed by atoms with Crippen molar-refractivity contribution in [3.8, 4) is 5.75 Å². The van der Waals surface area contributed by atoms with Crippen molar-refractivity contribution in [2.45, 2.75) is 12.3 Å². The van der Waals surface area contributed by atoms with E-state index in [2.05, 4.69) is 4.98 Å². The van der Waals surface area contributed by atoms with E-state index in [-0.39, 0.29) is 16.5 Å². The maximum Gasteiger partial charge on any atom is 0.329 e. The van der Waals surface area contributed by atoms with Crippen LogP contribution in [0.2, 0.25) is 0 Å². The number of nitro groups is 1. The molecule has 0 amide bonds. The molecule has 6 nitrogen and oxygen atoms in total. The first-order valence-corrected chi connectivity index (χ1v) is 8.58. The maximum atomic E-state index is 11.0. The lowest BCUT2D eigenvalue weighted by Gasteiger charge is -2.15. The number of nitro benzene ring substituents is 1. The first-order valence-electron chi connectivity index (χ1n) is 7.70. The van der Waals surface area contributed by atoms with Gasteiger partial charge in [-0.25, -0.2) is 4.98 Å². The summed E-state index contributed by atoms with van der Waals surface area (Å²) in [5, 5.41) is 13.6. The minimum atomic E-state index is -0.374. The van der Waals surface area contributed by atoms with Gasteiger partial charge in [-0.1, -0.05) is 35.6 Å². The van der Waals surface area contributed by atoms with Gasteiger partial charge in [-0.15, -0.1) is 0 Å². The summed E-state index contributed by atoms with van der Waals surface area (Å²) in [6.07, 6.45) is 0.626. The highest BCUT2D eigenvalue weighted by atomic mass is 32.1. The molecule has 0 saturated carbocycles. The molecular weight excluding hydrogens is 338 g/mol. The summed E-state index contributed by atoms with van der Waals surface area (Å²) in [4.78, 5) is 13.8. The van der Waals surface area contributed by atoms with Gasteiger partial charge < -0.3 is 4.74 Å². The van der Waals surface area contributed by atoms with Crippen LogP contribution in [0.25, 0.3) is 0 Å². The van der Waals surface area contributed by atoms with E-state index in [0.717, 1.165) is 22.6 Å². The van der Waals surface area contributed by atoms with Gasteiger partial charge in [-0.3, -0.25) is 15.8 Å². The van der Waals surface area contributed by atoms with Crippen LogP contribution < -0.4 is 15.5 Å². The van der Waals surface area contributed by atoms with Crippen molar-refractivity contribution in [1.82, 2.24) is 0 Å². The number of thiazole rings is 1. The van der Waals surface area contributed by atoms with Gasteiger partial charge >= 0.3 is 5.13 Å². The zero-order chi connectivity index (χ0) is 17.8. The predicted octanol–water partition coefficient (Wildman–Crippen LogP) is 3.44. The summed E-state index contributed by atoms with van der Waals surface area (Å²) in [6, 6.07) is 14.6. The number of methoxy groups -OCH3 is 1. The summed E-state index contributed by atoms with van der Waals surface area (Å²) >= 11 is 1.44. The minimum Gasteiger partial charge on any atom is -0.497 e. The molecular formula is C18H18N3O3S+. The van der Waals surface area contributed by atoms with E-state index in [1.165, 1.54) is 17.4 Å². The summed E-state index contributed by atoms with van der Waals surface area (Å²) in [5.41, 5.74) is 8.91. The number of aromatic nitrogens is 1. The van der Waals surface area contributed by atoms with Crippen molar-refractivity contribution < 1.29 is 14.6 Å². The van der Waals surface area contributed by atoms with E-state index in [1.54, 1.807) is 19.2 Å². The Bertz CT molecular complexity index is 877. The summed E-state index contributed by atoms with van der Waals surface area (Å²) in [5.74, 6) is 0.799. The third kappa shape index (κ3) is 3.95. The van der Waals surface area contributed by atoms with Crippen LogP contribution in [0.1, 0.15) is 22.7 Å². The van der Waals surface area contributed by atoms with E-state index in [1.807, 2.05) is 35.7 Å². The van der Waals surface area contributed by atoms with Crippen molar-refractivity contribution >= 4 is 22.2 Å². The Morgan fingerprint density at radius 3 is 2.64 bits per heavy atom. The minimum absolute atomic E-state index is 0.0152. The number of benzene rings is 2. The molecule has 1 unspecified atom stereocenters. The van der Waals surface area contributed by atoms with E-state index in [4.69, 9.17) is 10.5 Å². The van der Waals surface area contributed by atoms with Gasteiger partial charge in [-0.2, -0.15) is 0 Å². The number of nitrogens with one attached hydrogen (secondary N) is 1. The third-order valence-corrected chi connectivity index (χ3v) is 4.76. The molecule has 3 rings (SSSR count). The van der Waals surface area contributed by atoms with Crippen LogP contribution in [0.15, 0.2) is 53.9 Å². The number of aromatic amines is 1. The van der Waals surface area contributed by atoms with Gasteiger partial charge in [0.2, 0.25) is 0 Å². The molecule has 25 heavy (non-hydrogen) atoms. The fraction of sp³-hybridized carbons (Fsp3) is 0.167. The molecule has 0 aliphatic carbocycles. The molecule has 3 aromatic rings. The number of anilines is 1. The number of rotatable bonds is 6. The van der Waals surface area contributed by atoms with Gasteiger partial charge in [0, 0.05) is 17.5 Å². The molecule has 0 saturated heterocycles. The smallest absolute Gasteiger partial charge is 0.329 e. The Kier molecular flexibility index (Phi) is 4.95. The zero-order valence-corrected chi connectivity index (χ0v) is 14.5. The number of nitrogens with two attached hydrogens (primary N) is 1. The first kappa shape index (κ1) is 16.9. The topological polar surface area (TPSA) is 92.5 Å². The van der Waals surface area contributed by atoms with Gasteiger partial charge in [0.25, 0.3) is 5.69 Å². The standard InChI is InChI=1S/C18H17N3O3S/c1-24-15-7-5-13(6-8-15)16(17-11-25-18(19)20-17)10-12-3-2-4-14(9-12)21(22)23/h2-9,11,16H,10H2,1H3,(H2,19,20)/p+1. The SMILES string of the molecule is COc1ccc(C(Cc2cccc([N+](=O)[O-])c2)c2csc(N)[nH+]2)cc1. The normalized spacial score (nSPS) is 11.9. The number of hydrogen-bond donors (Lipinski definition) is 1. The van der Waals surface area contributed by atoms with E-state index in [0.29, 0.717) is 11.6 Å². The van der Waals surface area contributed by atoms with Gasteiger partial charge in [-0.05, 0) is 29.7 Å². The number of hydrogen-bond acceptors (Lipinski definition) is 5. The quantitative estimate of drug-likeness (QED) is 0.541. The second-order valence-electron chi connectivity index (χ2n) is 5.64. The highest BCUT2D eigenvalue weighted by Crippen LogP contribution is 2.30. The number of ether oxygens (including phenoxy) is 1. The molecule has 1 atom stereocenters. The van der Waals surface area contributed by atoms with Gasteiger partial charge in [0.05, 0.1) is 18.0 Å². The largest absolute Gasteiger partial charge is 0.497 e. The Labute approximate surface area is 149 Å². The third-order valence-electron chi connectivity index (χ3n) is 4.04. The highest BCUT2D eigenvalue weighted by molar-refractivity contribution is 7.13. The molecule has 0 bridgehead atoms. The summed E-state index contributed by atoms with van der Waals surface area (Å²) in [7, 11) is 1.63. The lowest BCUT2D eigenvalue weighted by Crippen LogP contribution is -2.17. The Morgan fingerprint density at radius 2 is 2.04 bits per heavy atom. The molecule has 128 valence electrons. The molecule has 0 aliphatic rings. The van der Waals surface area contributed by atoms with Crippen LogP contribution in [0.5, 0.6) is 5.75 Å². The van der Waals surface area contributed by atoms with Crippen molar-refractivity contribution in [3.05, 3.63) is 80.8 Å². The van der Waals surface area contributed by atoms with E-state index >= 15 is 0 Å². The molecule has 3 N–H and O–H groups in total. The molecule has 0 fully saturated rings. The van der Waals surface area contributed by atoms with Crippen LogP contribution in [-0.2, 0) is 6.42 Å². The molecule has 0 spiro atoms. The number of nitrogens with zero attached hydrogens (tertiary/aromatic N) is 1. The fourth-order valence-electron chi connectivity index (χ4n) is 2.77. The van der Waals surface area contributed by atoms with Gasteiger partial charge in [0.15, 0.2) is 0 Å². The van der Waals surface area contributed by atoms with E-state index < -0.39 is 0 Å². The second-order valence-corrected chi connectivity index (χ2v) is 6.55. The van der Waals surface area contributed by atoms with Crippen LogP contribution >= 0.6 is 11.3 Å². The number of H-pyrrole nitrogens is 1. The Balaban J connectivity index is 1.96. The Morgan fingerprint density at radius 1 is 1.28 bits per heavy atom. The number of nitrogen functional groups attached to an aromatic ring is 1. The highest BCUT2D eigenvalue weighted by Gasteiger charge is 2.21.